The molecular weight excluding hydrogens is 264 g/mol. The van der Waals surface area contributed by atoms with Crippen molar-refractivity contribution < 1.29 is 9.53 Å². The number of esters is 1. The van der Waals surface area contributed by atoms with Crippen molar-refractivity contribution >= 4 is 11.7 Å². The molecule has 0 aliphatic carbocycles. The van der Waals surface area contributed by atoms with E-state index in [1.807, 2.05) is 62.5 Å². The largest absolute Gasteiger partial charge is 0.461 e. The molecule has 0 N–H and O–H groups in total. The highest BCUT2D eigenvalue weighted by atomic mass is 16.5. The number of ether oxygens (including phenoxy) is 1. The van der Waals surface area contributed by atoms with E-state index in [-0.39, 0.29) is 5.97 Å². The van der Waals surface area contributed by atoms with Gasteiger partial charge in [-0.1, -0.05) is 12.2 Å². The van der Waals surface area contributed by atoms with Crippen LogP contribution in [0.1, 0.15) is 20.8 Å². The third-order valence-corrected chi connectivity index (χ3v) is 3.34. The molecule has 0 fully saturated rings. The molecule has 0 aromatic carbocycles. The van der Waals surface area contributed by atoms with Gasteiger partial charge in [0.15, 0.2) is 5.70 Å². The first-order chi connectivity index (χ1) is 10.0. The lowest BCUT2D eigenvalue weighted by molar-refractivity contribution is -0.138. The van der Waals surface area contributed by atoms with E-state index in [2.05, 4.69) is 4.99 Å². The zero-order valence-electron chi connectivity index (χ0n) is 12.9. The predicted octanol–water partition coefficient (Wildman–Crippen LogP) is 3.12. The van der Waals surface area contributed by atoms with E-state index < -0.39 is 0 Å². The fourth-order valence-corrected chi connectivity index (χ4v) is 2.16. The Morgan fingerprint density at radius 3 is 2.57 bits per heavy atom. The smallest absolute Gasteiger partial charge is 0.357 e. The molecule has 0 aromatic heterocycles. The summed E-state index contributed by atoms with van der Waals surface area (Å²) in [6, 6.07) is 0. The van der Waals surface area contributed by atoms with E-state index in [0.717, 1.165) is 22.4 Å². The summed E-state index contributed by atoms with van der Waals surface area (Å²) in [5.74, 6) is -0.357. The molecule has 4 nitrogen and oxygen atoms in total. The maximum absolute atomic E-state index is 11.8. The van der Waals surface area contributed by atoms with Crippen molar-refractivity contribution in [3.8, 4) is 0 Å². The summed E-state index contributed by atoms with van der Waals surface area (Å²) < 4.78 is 5.02. The van der Waals surface area contributed by atoms with E-state index in [1.165, 1.54) is 0 Å². The van der Waals surface area contributed by atoms with Gasteiger partial charge in [0.25, 0.3) is 0 Å². The van der Waals surface area contributed by atoms with Crippen molar-refractivity contribution in [3.05, 3.63) is 59.1 Å². The lowest BCUT2D eigenvalue weighted by Crippen LogP contribution is -2.06. The van der Waals surface area contributed by atoms with E-state index in [0.29, 0.717) is 12.3 Å². The first-order valence-electron chi connectivity index (χ1n) is 6.97. The van der Waals surface area contributed by atoms with Crippen LogP contribution in [0.4, 0.5) is 0 Å². The van der Waals surface area contributed by atoms with Crippen LogP contribution in [0.2, 0.25) is 0 Å². The molecule has 2 aliphatic rings. The molecule has 0 amide bonds. The Bertz CT molecular complexity index is 615. The van der Waals surface area contributed by atoms with Gasteiger partial charge in [-0.2, -0.15) is 0 Å². The topological polar surface area (TPSA) is 41.9 Å². The average Bonchev–Trinajstić information content (AvgIpc) is 2.74. The normalized spacial score (nSPS) is 19.4. The van der Waals surface area contributed by atoms with Crippen molar-refractivity contribution in [2.75, 3.05) is 13.7 Å². The number of carbonyl (C=O) groups is 1. The van der Waals surface area contributed by atoms with Gasteiger partial charge in [-0.25, -0.2) is 9.79 Å². The highest BCUT2D eigenvalue weighted by molar-refractivity contribution is 6.10. The van der Waals surface area contributed by atoms with Gasteiger partial charge in [0.2, 0.25) is 0 Å². The summed E-state index contributed by atoms with van der Waals surface area (Å²) in [6.45, 7) is 5.95. The Hall–Kier alpha value is -2.36. The van der Waals surface area contributed by atoms with Crippen LogP contribution < -0.4 is 0 Å². The molecule has 0 saturated carbocycles. The second kappa shape index (κ2) is 6.39. The molecule has 0 unspecified atom stereocenters. The Morgan fingerprint density at radius 2 is 1.95 bits per heavy atom. The molecule has 0 bridgehead atoms. The van der Waals surface area contributed by atoms with E-state index in [1.54, 1.807) is 6.92 Å². The second-order valence-corrected chi connectivity index (χ2v) is 4.94. The third kappa shape index (κ3) is 3.40. The number of rotatable bonds is 3. The number of nitrogens with zero attached hydrogens (tertiary/aromatic N) is 2. The van der Waals surface area contributed by atoms with Gasteiger partial charge >= 0.3 is 5.97 Å². The maximum atomic E-state index is 11.8. The molecule has 2 heterocycles. The zero-order valence-corrected chi connectivity index (χ0v) is 12.9. The molecule has 110 valence electrons. The highest BCUT2D eigenvalue weighted by Gasteiger charge is 2.23. The minimum atomic E-state index is -0.357. The number of hydrogen-bond acceptors (Lipinski definition) is 4. The molecule has 0 aromatic rings. The number of carbonyl (C=O) groups excluding carboxylic acids is 1. The minimum Gasteiger partial charge on any atom is -0.461 e. The van der Waals surface area contributed by atoms with Gasteiger partial charge in [0.05, 0.1) is 6.61 Å². The van der Waals surface area contributed by atoms with Crippen molar-refractivity contribution in [3.63, 3.8) is 0 Å². The van der Waals surface area contributed by atoms with Crippen LogP contribution >= 0.6 is 0 Å². The monoisotopic (exact) mass is 284 g/mol. The summed E-state index contributed by atoms with van der Waals surface area (Å²) in [5, 5.41) is 0. The molecular formula is C17H20N2O2. The zero-order chi connectivity index (χ0) is 15.4. The summed E-state index contributed by atoms with van der Waals surface area (Å²) in [6.07, 6.45) is 12.1. The van der Waals surface area contributed by atoms with E-state index in [4.69, 9.17) is 4.74 Å². The molecule has 21 heavy (non-hydrogen) atoms. The van der Waals surface area contributed by atoms with Crippen molar-refractivity contribution in [2.45, 2.75) is 20.8 Å². The SMILES string of the molecule is CCOC(=O)C1=C(C)/C(=C\C=C2C=CN(C)C=C2)C(C)=N1. The van der Waals surface area contributed by atoms with Crippen LogP contribution in [0.3, 0.4) is 0 Å². The van der Waals surface area contributed by atoms with Gasteiger partial charge in [0, 0.05) is 30.7 Å². The van der Waals surface area contributed by atoms with Crippen LogP contribution in [0.25, 0.3) is 0 Å². The second-order valence-electron chi connectivity index (χ2n) is 4.94. The van der Waals surface area contributed by atoms with Gasteiger partial charge < -0.3 is 9.64 Å². The third-order valence-electron chi connectivity index (χ3n) is 3.34. The van der Waals surface area contributed by atoms with E-state index in [9.17, 15) is 4.79 Å². The average molecular weight is 284 g/mol. The standard InChI is InChI=1S/C17H20N2O2/c1-5-21-17(20)16-12(2)15(13(3)18-16)7-6-14-8-10-19(4)11-9-14/h6-11H,5H2,1-4H3/b15-7+. The molecule has 0 saturated heterocycles. The van der Waals surface area contributed by atoms with Crippen LogP contribution in [-0.2, 0) is 9.53 Å². The quantitative estimate of drug-likeness (QED) is 0.748. The summed E-state index contributed by atoms with van der Waals surface area (Å²) >= 11 is 0. The number of allylic oxidation sites excluding steroid dienone is 7. The predicted molar refractivity (Wildman–Crippen MR) is 84.7 cm³/mol. The molecule has 0 atom stereocenters. The fourth-order valence-electron chi connectivity index (χ4n) is 2.16. The summed E-state index contributed by atoms with van der Waals surface area (Å²) in [4.78, 5) is 18.1. The minimum absolute atomic E-state index is 0.357. The molecule has 2 rings (SSSR count). The molecule has 0 spiro atoms. The molecule has 4 heteroatoms. The van der Waals surface area contributed by atoms with Gasteiger partial charge in [-0.3, -0.25) is 0 Å². The number of aliphatic imine (C=N–C) groups is 1. The Kier molecular flexibility index (Phi) is 4.58. The lowest BCUT2D eigenvalue weighted by Gasteiger charge is -2.11. The fraction of sp³-hybridized carbons (Fsp3) is 0.294. The van der Waals surface area contributed by atoms with E-state index >= 15 is 0 Å². The highest BCUT2D eigenvalue weighted by Crippen LogP contribution is 2.26. The van der Waals surface area contributed by atoms with Gasteiger partial charge in [-0.05, 0) is 44.1 Å². The van der Waals surface area contributed by atoms with Crippen LogP contribution in [0.5, 0.6) is 0 Å². The number of hydrogen-bond donors (Lipinski definition) is 0. The van der Waals surface area contributed by atoms with Crippen molar-refractivity contribution in [1.82, 2.24) is 4.90 Å². The van der Waals surface area contributed by atoms with Crippen LogP contribution in [0, 0.1) is 0 Å². The first kappa shape index (κ1) is 15.0. The maximum Gasteiger partial charge on any atom is 0.357 e. The van der Waals surface area contributed by atoms with Crippen LogP contribution in [0.15, 0.2) is 64.1 Å². The van der Waals surface area contributed by atoms with Crippen molar-refractivity contribution in [2.24, 2.45) is 4.99 Å². The van der Waals surface area contributed by atoms with Gasteiger partial charge in [0.1, 0.15) is 0 Å². The Labute approximate surface area is 125 Å². The molecule has 0 radical (unpaired) electrons. The Balaban J connectivity index is 2.25. The van der Waals surface area contributed by atoms with Gasteiger partial charge in [-0.15, -0.1) is 0 Å². The lowest BCUT2D eigenvalue weighted by atomic mass is 10.0. The Morgan fingerprint density at radius 1 is 1.29 bits per heavy atom. The van der Waals surface area contributed by atoms with Crippen molar-refractivity contribution in [1.29, 1.82) is 0 Å². The summed E-state index contributed by atoms with van der Waals surface area (Å²) in [5.41, 5.74) is 4.20. The van der Waals surface area contributed by atoms with Crippen LogP contribution in [-0.4, -0.2) is 30.2 Å². The molecule has 2 aliphatic heterocycles. The first-order valence-corrected chi connectivity index (χ1v) is 6.97. The summed E-state index contributed by atoms with van der Waals surface area (Å²) in [7, 11) is 1.98.